The number of ether oxygens (including phenoxy) is 1. The number of aliphatic hydroxyl groups is 4. The van der Waals surface area contributed by atoms with Crippen molar-refractivity contribution in [2.45, 2.75) is 78.0 Å². The second-order valence-corrected chi connectivity index (χ2v) is 22.2. The Morgan fingerprint density at radius 1 is 0.538 bits per heavy atom. The maximum absolute atomic E-state index is 9.98. The van der Waals surface area contributed by atoms with Gasteiger partial charge in [0.25, 0.3) is 0 Å². The molecule has 12 aromatic heterocycles. The Balaban J connectivity index is 0.000000118. The van der Waals surface area contributed by atoms with Crippen molar-refractivity contribution < 1.29 is 25.2 Å². The summed E-state index contributed by atoms with van der Waals surface area (Å²) in [4.78, 5) is 56.9. The Morgan fingerprint density at radius 2 is 1.13 bits per heavy atom. The van der Waals surface area contributed by atoms with Crippen LogP contribution in [0.4, 0.5) is 17.5 Å². The molecule has 1 saturated heterocycles. The van der Waals surface area contributed by atoms with Gasteiger partial charge < -0.3 is 65.2 Å². The number of pyridine rings is 1. The number of anilines is 3. The van der Waals surface area contributed by atoms with Crippen molar-refractivity contribution in [3.63, 3.8) is 0 Å². The summed E-state index contributed by atoms with van der Waals surface area (Å²) in [5.74, 6) is 0.807. The van der Waals surface area contributed by atoms with E-state index in [1.165, 1.54) is 58.4 Å². The molecule has 0 spiro atoms. The van der Waals surface area contributed by atoms with Crippen molar-refractivity contribution in [3.05, 3.63) is 146 Å². The molecule has 7 atom stereocenters. The molecule has 1 saturated carbocycles. The standard InChI is InChI=1S/C11H15N5O3.C11H15N5O2.C10H11N.C9H10N2.C8H9N3.C6H7N5.C6H6N4/c1-5-8(18)6(2-17)19-11(5)16-4-15-7-9(12)13-3-14-10(7)16;12-10-9-11(14-4-13-10)16(5-15-9)7-1-6(3-17)8(18)2-7;1-8-4-3-5-10-9(8)6-7-11(10)2;1-7-4-3-5-8-9(7)10-6-11(8)2;1-6-3-4-9-8-7(6)10-5-11(8)2;1-3-4-5(11-10-3)6(7)9-2-8-4;1-10-4-9-5-2-7-3-8-6(5)10/h3-6,8,11,17-18H,2H2,1H3,(H2,12,13,14);4-8,17-18H,1-3H2,(H2,12,13,14);3-7H,1-2H3;3-6H,1-2H3;3-5H,1-2H3;2H,1H3,(H,10,11)(H2,7,8,9);2-4H,1H3/t5-,6+,8?,11+;6-,7-,8?;;;;;/m01...../s1. The van der Waals surface area contributed by atoms with Gasteiger partial charge in [-0.05, 0) is 81.5 Å². The van der Waals surface area contributed by atoms with Crippen LogP contribution in [0.5, 0.6) is 0 Å². The average Bonchev–Trinajstić information content (AvgIpc) is 1.67. The van der Waals surface area contributed by atoms with Crippen molar-refractivity contribution in [1.29, 1.82) is 0 Å². The number of aryl methyl sites for hydroxylation is 8. The van der Waals surface area contributed by atoms with E-state index < -0.39 is 24.5 Å². The monoisotopic (exact) mass is 1240 g/mol. The second kappa shape index (κ2) is 27.9. The van der Waals surface area contributed by atoms with Gasteiger partial charge in [-0.3, -0.25) is 9.67 Å². The fraction of sp³-hybridized carbons (Fsp3) is 0.328. The minimum atomic E-state index is -0.730. The van der Waals surface area contributed by atoms with Gasteiger partial charge in [0.2, 0.25) is 0 Å². The Labute approximate surface area is 520 Å². The van der Waals surface area contributed by atoms with Crippen LogP contribution in [-0.4, -0.2) is 159 Å². The number of nitrogen functional groups attached to an aromatic ring is 3. The highest BCUT2D eigenvalue weighted by molar-refractivity contribution is 5.86. The fourth-order valence-corrected chi connectivity index (χ4v) is 10.8. The number of nitrogens with zero attached hydrogens (tertiary/aromatic N) is 21. The number of imidazole rings is 5. The molecule has 2 aromatic carbocycles. The lowest BCUT2D eigenvalue weighted by molar-refractivity contribution is -0.0447. The zero-order valence-corrected chi connectivity index (χ0v) is 51.7. The Bertz CT molecular complexity index is 4430. The molecule has 0 bridgehead atoms. The number of para-hydroxylation sites is 1. The molecule has 13 heterocycles. The quantitative estimate of drug-likeness (QED) is 0.111. The molecule has 91 heavy (non-hydrogen) atoms. The van der Waals surface area contributed by atoms with E-state index in [0.29, 0.717) is 58.1 Å². The van der Waals surface area contributed by atoms with Crippen LogP contribution in [0.3, 0.4) is 0 Å². The summed E-state index contributed by atoms with van der Waals surface area (Å²) in [7, 11) is 7.93. The molecular weight excluding hydrogens is 1160 g/mol. The van der Waals surface area contributed by atoms with E-state index in [4.69, 9.17) is 21.9 Å². The normalized spacial score (nSPS) is 18.4. The number of nitrogens with two attached hydrogens (primary N) is 3. The molecule has 14 aromatic rings. The molecule has 30 heteroatoms. The van der Waals surface area contributed by atoms with E-state index in [-0.39, 0.29) is 31.1 Å². The van der Waals surface area contributed by atoms with Gasteiger partial charge in [0.15, 0.2) is 45.6 Å². The predicted octanol–water partition coefficient (Wildman–Crippen LogP) is 5.26. The largest absolute Gasteiger partial charge is 0.396 e. The molecule has 0 radical (unpaired) electrons. The number of aliphatic hydroxyl groups excluding tert-OH is 4. The van der Waals surface area contributed by atoms with Crippen LogP contribution >= 0.6 is 0 Å². The molecule has 16 rings (SSSR count). The summed E-state index contributed by atoms with van der Waals surface area (Å²) >= 11 is 0. The van der Waals surface area contributed by atoms with Gasteiger partial charge in [-0.15, -0.1) is 0 Å². The van der Waals surface area contributed by atoms with Gasteiger partial charge >= 0.3 is 0 Å². The Kier molecular flexibility index (Phi) is 19.5. The first-order valence-corrected chi connectivity index (χ1v) is 29.0. The molecule has 2 unspecified atom stereocenters. The Hall–Kier alpha value is -10.5. The zero-order chi connectivity index (χ0) is 64.6. The number of benzene rings is 2. The van der Waals surface area contributed by atoms with Crippen LogP contribution in [0.1, 0.15) is 54.4 Å². The molecular formula is C61H73N25O5. The molecule has 0 amide bonds. The Morgan fingerprint density at radius 3 is 1.77 bits per heavy atom. The summed E-state index contributed by atoms with van der Waals surface area (Å²) in [5.41, 5.74) is 32.7. The van der Waals surface area contributed by atoms with Crippen molar-refractivity contribution >= 4 is 95.1 Å². The number of fused-ring (bicyclic) bond motifs is 7. The molecule has 1 aliphatic carbocycles. The predicted molar refractivity (Wildman–Crippen MR) is 344 cm³/mol. The lowest BCUT2D eigenvalue weighted by Gasteiger charge is -2.17. The van der Waals surface area contributed by atoms with E-state index in [9.17, 15) is 20.4 Å². The lowest BCUT2D eigenvalue weighted by Crippen LogP contribution is -2.28. The maximum atomic E-state index is 9.98. The SMILES string of the molecule is C[C@H]1C(O)[C@@H](CO)O[C@H]1n1cnc2c(N)ncnc21.Cc1[nH]nc2c(N)ncnc12.Cc1cccc2c1ccn2C.Cc1cccc2c1ncn2C.Cc1ccnc2c1ncn2C.Cn1cnc2cncnc21.Nc1ncnc2c1ncn2[C@H]1CC(O)[C@@H](CO)C1. The van der Waals surface area contributed by atoms with Crippen LogP contribution in [0.25, 0.3) is 77.6 Å². The second-order valence-electron chi connectivity index (χ2n) is 22.2. The maximum Gasteiger partial charge on any atom is 0.167 e. The van der Waals surface area contributed by atoms with Crippen molar-refractivity contribution in [2.24, 2.45) is 40.0 Å². The number of H-pyrrole nitrogens is 1. The molecule has 11 N–H and O–H groups in total. The molecule has 472 valence electrons. The van der Waals surface area contributed by atoms with Crippen LogP contribution in [0.2, 0.25) is 0 Å². The van der Waals surface area contributed by atoms with Gasteiger partial charge in [-0.1, -0.05) is 31.2 Å². The summed E-state index contributed by atoms with van der Waals surface area (Å²) < 4.78 is 17.2. The third kappa shape index (κ3) is 13.6. The molecule has 30 nitrogen and oxygen atoms in total. The highest BCUT2D eigenvalue weighted by Crippen LogP contribution is 2.37. The molecule has 1 aliphatic heterocycles. The number of hydrogen-bond donors (Lipinski definition) is 8. The lowest BCUT2D eigenvalue weighted by atomic mass is 10.0. The van der Waals surface area contributed by atoms with Crippen LogP contribution in [-0.2, 0) is 32.9 Å². The topological polar surface area (TPSA) is 407 Å². The van der Waals surface area contributed by atoms with E-state index >= 15 is 0 Å². The minimum absolute atomic E-state index is 0.00141. The molecule has 2 aliphatic rings. The van der Waals surface area contributed by atoms with E-state index in [1.54, 1.807) is 42.3 Å². The van der Waals surface area contributed by atoms with Crippen LogP contribution < -0.4 is 17.2 Å². The fourth-order valence-electron chi connectivity index (χ4n) is 10.8. The van der Waals surface area contributed by atoms with Crippen molar-refractivity contribution in [3.8, 4) is 0 Å². The number of hydrogen-bond acceptors (Lipinski definition) is 23. The number of nitrogens with one attached hydrogen (secondary N) is 1. The van der Waals surface area contributed by atoms with Crippen molar-refractivity contribution in [2.75, 3.05) is 30.4 Å². The van der Waals surface area contributed by atoms with Gasteiger partial charge in [0.05, 0.1) is 73.4 Å². The van der Waals surface area contributed by atoms with Gasteiger partial charge in [-0.2, -0.15) is 5.10 Å². The molecule has 2 fully saturated rings. The summed E-state index contributed by atoms with van der Waals surface area (Å²) in [6.45, 7) is 9.77. The first-order chi connectivity index (χ1) is 43.9. The van der Waals surface area contributed by atoms with Gasteiger partial charge in [0.1, 0.15) is 65.2 Å². The minimum Gasteiger partial charge on any atom is -0.396 e. The summed E-state index contributed by atoms with van der Waals surface area (Å²) in [6, 6.07) is 16.8. The first-order valence-electron chi connectivity index (χ1n) is 29.0. The first kappa shape index (κ1) is 63.5. The van der Waals surface area contributed by atoms with E-state index in [1.807, 2.05) is 72.6 Å². The number of aromatic nitrogens is 22. The average molecular weight is 1240 g/mol. The zero-order valence-electron chi connectivity index (χ0n) is 51.7. The highest BCUT2D eigenvalue weighted by atomic mass is 16.5. The third-order valence-electron chi connectivity index (χ3n) is 16.0. The third-order valence-corrected chi connectivity index (χ3v) is 16.0. The van der Waals surface area contributed by atoms with Gasteiger partial charge in [0, 0.05) is 76.0 Å². The summed E-state index contributed by atoms with van der Waals surface area (Å²) in [6.07, 6.45) is 19.0. The highest BCUT2D eigenvalue weighted by Gasteiger charge is 2.42. The van der Waals surface area contributed by atoms with E-state index in [0.717, 1.165) is 39.1 Å². The van der Waals surface area contributed by atoms with E-state index in [2.05, 4.69) is 154 Å². The number of rotatable bonds is 4. The van der Waals surface area contributed by atoms with Crippen LogP contribution in [0.15, 0.2) is 124 Å². The smallest absolute Gasteiger partial charge is 0.167 e. The summed E-state index contributed by atoms with van der Waals surface area (Å²) in [5, 5.41) is 46.2. The number of aromatic amines is 1. The van der Waals surface area contributed by atoms with Gasteiger partial charge in [-0.25, -0.2) is 69.8 Å². The van der Waals surface area contributed by atoms with Crippen LogP contribution in [0, 0.1) is 39.5 Å². The van der Waals surface area contributed by atoms with Crippen molar-refractivity contribution in [1.82, 2.24) is 107 Å².